The third kappa shape index (κ3) is 3.32. The Hall–Kier alpha value is -2.43. The van der Waals surface area contributed by atoms with Gasteiger partial charge in [-0.05, 0) is 30.7 Å². The molecule has 0 atom stereocenters. The fraction of sp³-hybridized carbons (Fsp3) is 0.267. The molecule has 2 heterocycles. The highest BCUT2D eigenvalue weighted by atomic mass is 16.2. The van der Waals surface area contributed by atoms with E-state index in [-0.39, 0.29) is 5.91 Å². The van der Waals surface area contributed by atoms with Gasteiger partial charge in [0, 0.05) is 38.7 Å². The minimum Gasteiger partial charge on any atom is -0.370 e. The molecular formula is C15H18N4O. The SMILES string of the molecule is CCNc1ncccc1C(=O)N(C)Cc1cccnc1. The molecule has 5 nitrogen and oxygen atoms in total. The van der Waals surface area contributed by atoms with E-state index in [2.05, 4.69) is 15.3 Å². The summed E-state index contributed by atoms with van der Waals surface area (Å²) in [7, 11) is 1.78. The molecule has 2 rings (SSSR count). The van der Waals surface area contributed by atoms with Gasteiger partial charge >= 0.3 is 0 Å². The highest BCUT2D eigenvalue weighted by Crippen LogP contribution is 2.14. The van der Waals surface area contributed by atoms with Crippen LogP contribution in [0.3, 0.4) is 0 Å². The third-order valence-corrected chi connectivity index (χ3v) is 2.87. The Balaban J connectivity index is 2.14. The van der Waals surface area contributed by atoms with Gasteiger partial charge in [-0.1, -0.05) is 6.07 Å². The van der Waals surface area contributed by atoms with Crippen molar-refractivity contribution in [3.05, 3.63) is 54.0 Å². The first-order valence-corrected chi connectivity index (χ1v) is 6.55. The van der Waals surface area contributed by atoms with E-state index in [9.17, 15) is 4.79 Å². The summed E-state index contributed by atoms with van der Waals surface area (Å²) in [6.07, 6.45) is 5.16. The van der Waals surface area contributed by atoms with Gasteiger partial charge in [-0.3, -0.25) is 9.78 Å². The van der Waals surface area contributed by atoms with Crippen LogP contribution in [0.2, 0.25) is 0 Å². The van der Waals surface area contributed by atoms with E-state index in [1.165, 1.54) is 0 Å². The molecular weight excluding hydrogens is 252 g/mol. The lowest BCUT2D eigenvalue weighted by atomic mass is 10.2. The highest BCUT2D eigenvalue weighted by Gasteiger charge is 2.16. The number of anilines is 1. The number of hydrogen-bond donors (Lipinski definition) is 1. The molecule has 5 heteroatoms. The van der Waals surface area contributed by atoms with E-state index >= 15 is 0 Å². The van der Waals surface area contributed by atoms with Crippen LogP contribution in [0.15, 0.2) is 42.9 Å². The van der Waals surface area contributed by atoms with Crippen LogP contribution in [-0.4, -0.2) is 34.4 Å². The van der Waals surface area contributed by atoms with Gasteiger partial charge in [0.2, 0.25) is 0 Å². The van der Waals surface area contributed by atoms with Gasteiger partial charge in [-0.2, -0.15) is 0 Å². The van der Waals surface area contributed by atoms with Crippen LogP contribution in [0, 0.1) is 0 Å². The summed E-state index contributed by atoms with van der Waals surface area (Å²) in [5, 5.41) is 3.10. The van der Waals surface area contributed by atoms with Gasteiger partial charge in [-0.15, -0.1) is 0 Å². The number of carbonyl (C=O) groups excluding carboxylic acids is 1. The van der Waals surface area contributed by atoms with E-state index < -0.39 is 0 Å². The second-order valence-corrected chi connectivity index (χ2v) is 4.45. The molecule has 104 valence electrons. The van der Waals surface area contributed by atoms with Gasteiger partial charge < -0.3 is 10.2 Å². The maximum atomic E-state index is 12.5. The Morgan fingerprint density at radius 1 is 1.30 bits per heavy atom. The van der Waals surface area contributed by atoms with E-state index in [4.69, 9.17) is 0 Å². The Bertz CT molecular complexity index is 571. The van der Waals surface area contributed by atoms with Crippen molar-refractivity contribution >= 4 is 11.7 Å². The first-order chi connectivity index (χ1) is 9.72. The Kier molecular flexibility index (Phi) is 4.65. The van der Waals surface area contributed by atoms with Crippen LogP contribution in [0.4, 0.5) is 5.82 Å². The van der Waals surface area contributed by atoms with Crippen LogP contribution in [0.1, 0.15) is 22.8 Å². The van der Waals surface area contributed by atoms with Crippen LogP contribution in [0.5, 0.6) is 0 Å². The largest absolute Gasteiger partial charge is 0.370 e. The van der Waals surface area contributed by atoms with Crippen molar-refractivity contribution < 1.29 is 4.79 Å². The van der Waals surface area contributed by atoms with Gasteiger partial charge in [0.25, 0.3) is 5.91 Å². The van der Waals surface area contributed by atoms with Crippen molar-refractivity contribution in [1.29, 1.82) is 0 Å². The molecule has 1 N–H and O–H groups in total. The lowest BCUT2D eigenvalue weighted by molar-refractivity contribution is 0.0785. The van der Waals surface area contributed by atoms with E-state index in [1.54, 1.807) is 42.7 Å². The highest BCUT2D eigenvalue weighted by molar-refractivity contribution is 5.98. The molecule has 0 aliphatic rings. The minimum absolute atomic E-state index is 0.0575. The molecule has 2 aromatic heterocycles. The van der Waals surface area contributed by atoms with Crippen molar-refractivity contribution in [2.75, 3.05) is 18.9 Å². The summed E-state index contributed by atoms with van der Waals surface area (Å²) in [5.41, 5.74) is 1.58. The zero-order valence-electron chi connectivity index (χ0n) is 11.7. The first-order valence-electron chi connectivity index (χ1n) is 6.55. The van der Waals surface area contributed by atoms with Crippen LogP contribution >= 0.6 is 0 Å². The molecule has 0 bridgehead atoms. The summed E-state index contributed by atoms with van der Waals surface area (Å²) in [4.78, 5) is 22.4. The third-order valence-electron chi connectivity index (χ3n) is 2.87. The van der Waals surface area contributed by atoms with E-state index in [0.717, 1.165) is 12.1 Å². The second kappa shape index (κ2) is 6.65. The Labute approximate surface area is 118 Å². The first kappa shape index (κ1) is 14.0. The number of nitrogens with zero attached hydrogens (tertiary/aromatic N) is 3. The van der Waals surface area contributed by atoms with Gasteiger partial charge in [-0.25, -0.2) is 4.98 Å². The summed E-state index contributed by atoms with van der Waals surface area (Å²) in [6, 6.07) is 7.37. The number of amides is 1. The van der Waals surface area contributed by atoms with Crippen LogP contribution < -0.4 is 5.32 Å². The smallest absolute Gasteiger partial charge is 0.257 e. The second-order valence-electron chi connectivity index (χ2n) is 4.45. The van der Waals surface area contributed by atoms with Gasteiger partial charge in [0.05, 0.1) is 5.56 Å². The van der Waals surface area contributed by atoms with Gasteiger partial charge in [0.15, 0.2) is 0 Å². The number of rotatable bonds is 5. The summed E-state index contributed by atoms with van der Waals surface area (Å²) in [6.45, 7) is 3.22. The molecule has 0 saturated carbocycles. The number of pyridine rings is 2. The molecule has 0 saturated heterocycles. The Morgan fingerprint density at radius 3 is 2.80 bits per heavy atom. The van der Waals surface area contributed by atoms with E-state index in [1.807, 2.05) is 19.1 Å². The lowest BCUT2D eigenvalue weighted by Gasteiger charge is -2.18. The van der Waals surface area contributed by atoms with Crippen molar-refractivity contribution in [2.45, 2.75) is 13.5 Å². The topological polar surface area (TPSA) is 58.1 Å². The number of carbonyl (C=O) groups is 1. The van der Waals surface area contributed by atoms with Gasteiger partial charge in [0.1, 0.15) is 5.82 Å². The number of hydrogen-bond acceptors (Lipinski definition) is 4. The fourth-order valence-corrected chi connectivity index (χ4v) is 1.93. The molecule has 0 fully saturated rings. The molecule has 1 amide bonds. The predicted molar refractivity (Wildman–Crippen MR) is 78.4 cm³/mol. The Morgan fingerprint density at radius 2 is 2.10 bits per heavy atom. The predicted octanol–water partition coefficient (Wildman–Crippen LogP) is 2.18. The van der Waals surface area contributed by atoms with Crippen molar-refractivity contribution in [1.82, 2.24) is 14.9 Å². The minimum atomic E-state index is -0.0575. The van der Waals surface area contributed by atoms with Crippen molar-refractivity contribution in [3.8, 4) is 0 Å². The molecule has 0 aliphatic heterocycles. The maximum absolute atomic E-state index is 12.5. The van der Waals surface area contributed by atoms with Crippen LogP contribution in [-0.2, 0) is 6.54 Å². The molecule has 0 aliphatic carbocycles. The summed E-state index contributed by atoms with van der Waals surface area (Å²) >= 11 is 0. The fourth-order valence-electron chi connectivity index (χ4n) is 1.93. The zero-order chi connectivity index (χ0) is 14.4. The molecule has 0 aromatic carbocycles. The number of aromatic nitrogens is 2. The summed E-state index contributed by atoms with van der Waals surface area (Å²) < 4.78 is 0. The molecule has 2 aromatic rings. The van der Waals surface area contributed by atoms with Crippen LogP contribution in [0.25, 0.3) is 0 Å². The number of nitrogens with one attached hydrogen (secondary N) is 1. The standard InChI is InChI=1S/C15H18N4O/c1-3-17-14-13(7-5-9-18-14)15(20)19(2)11-12-6-4-8-16-10-12/h4-10H,3,11H2,1-2H3,(H,17,18). The maximum Gasteiger partial charge on any atom is 0.257 e. The van der Waals surface area contributed by atoms with Crippen molar-refractivity contribution in [2.24, 2.45) is 0 Å². The quantitative estimate of drug-likeness (QED) is 0.904. The zero-order valence-corrected chi connectivity index (χ0v) is 11.7. The molecule has 0 spiro atoms. The van der Waals surface area contributed by atoms with Crippen molar-refractivity contribution in [3.63, 3.8) is 0 Å². The van der Waals surface area contributed by atoms with E-state index in [0.29, 0.717) is 17.9 Å². The average Bonchev–Trinajstić information content (AvgIpc) is 2.48. The average molecular weight is 270 g/mol. The molecule has 0 radical (unpaired) electrons. The lowest BCUT2D eigenvalue weighted by Crippen LogP contribution is -2.27. The molecule has 20 heavy (non-hydrogen) atoms. The molecule has 0 unspecified atom stereocenters. The summed E-state index contributed by atoms with van der Waals surface area (Å²) in [5.74, 6) is 0.566. The monoisotopic (exact) mass is 270 g/mol. The normalized spacial score (nSPS) is 10.1.